The van der Waals surface area contributed by atoms with Crippen LogP contribution >= 0.6 is 0 Å². The van der Waals surface area contributed by atoms with Gasteiger partial charge < -0.3 is 14.5 Å². The third-order valence-electron chi connectivity index (χ3n) is 5.54. The minimum absolute atomic E-state index is 0.0400. The standard InChI is InChI=1S/C26H23N5O2/c32-26(22-10-4-5-11-23(22)33-21-9-6-13-27-19-21)31-17-15-30(16-18-31)24-12-14-28-25(29-24)20-7-2-1-3-8-20/h1-14,19H,15-18H2. The Hall–Kier alpha value is -4.26. The topological polar surface area (TPSA) is 71.5 Å². The van der Waals surface area contributed by atoms with Crippen LogP contribution in [-0.2, 0) is 0 Å². The number of ether oxygens (including phenoxy) is 1. The lowest BCUT2D eigenvalue weighted by atomic mass is 10.1. The first-order chi connectivity index (χ1) is 16.3. The minimum atomic E-state index is -0.0400. The zero-order valence-electron chi connectivity index (χ0n) is 18.0. The molecule has 4 aromatic rings. The fourth-order valence-electron chi connectivity index (χ4n) is 3.83. The highest BCUT2D eigenvalue weighted by Crippen LogP contribution is 2.26. The summed E-state index contributed by atoms with van der Waals surface area (Å²) in [7, 11) is 0. The maximum Gasteiger partial charge on any atom is 0.257 e. The van der Waals surface area contributed by atoms with Crippen molar-refractivity contribution in [3.63, 3.8) is 0 Å². The van der Waals surface area contributed by atoms with E-state index < -0.39 is 0 Å². The van der Waals surface area contributed by atoms with Crippen LogP contribution in [0, 0.1) is 0 Å². The Kier molecular flexibility index (Phi) is 5.93. The molecule has 0 atom stereocenters. The second-order valence-corrected chi connectivity index (χ2v) is 7.67. The molecule has 1 saturated heterocycles. The fraction of sp³-hybridized carbons (Fsp3) is 0.154. The summed E-state index contributed by atoms with van der Waals surface area (Å²) in [4.78, 5) is 30.6. The zero-order valence-corrected chi connectivity index (χ0v) is 18.0. The highest BCUT2D eigenvalue weighted by Gasteiger charge is 2.25. The molecule has 1 aliphatic rings. The number of aromatic nitrogens is 3. The minimum Gasteiger partial charge on any atom is -0.455 e. The molecule has 33 heavy (non-hydrogen) atoms. The Morgan fingerprint density at radius 3 is 2.39 bits per heavy atom. The van der Waals surface area contributed by atoms with Gasteiger partial charge in [0.05, 0.1) is 11.8 Å². The number of hydrogen-bond acceptors (Lipinski definition) is 6. The summed E-state index contributed by atoms with van der Waals surface area (Å²) in [5.74, 6) is 2.66. The maximum atomic E-state index is 13.3. The van der Waals surface area contributed by atoms with E-state index in [-0.39, 0.29) is 5.91 Å². The van der Waals surface area contributed by atoms with Gasteiger partial charge in [0.25, 0.3) is 5.91 Å². The van der Waals surface area contributed by atoms with Gasteiger partial charge >= 0.3 is 0 Å². The van der Waals surface area contributed by atoms with E-state index in [1.165, 1.54) is 0 Å². The summed E-state index contributed by atoms with van der Waals surface area (Å²) < 4.78 is 5.93. The van der Waals surface area contributed by atoms with Crippen molar-refractivity contribution in [2.45, 2.75) is 0 Å². The van der Waals surface area contributed by atoms with Crippen LogP contribution in [0.4, 0.5) is 5.82 Å². The van der Waals surface area contributed by atoms with Crippen molar-refractivity contribution in [3.8, 4) is 22.9 Å². The van der Waals surface area contributed by atoms with E-state index in [0.29, 0.717) is 49.1 Å². The van der Waals surface area contributed by atoms with Crippen LogP contribution in [0.5, 0.6) is 11.5 Å². The largest absolute Gasteiger partial charge is 0.455 e. The first-order valence-corrected chi connectivity index (χ1v) is 10.9. The smallest absolute Gasteiger partial charge is 0.257 e. The van der Waals surface area contributed by atoms with Crippen molar-refractivity contribution in [2.24, 2.45) is 0 Å². The lowest BCUT2D eigenvalue weighted by Gasteiger charge is -2.35. The number of para-hydroxylation sites is 1. The highest BCUT2D eigenvalue weighted by molar-refractivity contribution is 5.97. The van der Waals surface area contributed by atoms with Gasteiger partial charge in [0, 0.05) is 44.1 Å². The molecule has 0 aliphatic carbocycles. The van der Waals surface area contributed by atoms with E-state index in [0.717, 1.165) is 11.4 Å². The van der Waals surface area contributed by atoms with Crippen molar-refractivity contribution in [1.82, 2.24) is 19.9 Å². The molecule has 7 nitrogen and oxygen atoms in total. The first-order valence-electron chi connectivity index (χ1n) is 10.9. The summed E-state index contributed by atoms with van der Waals surface area (Å²) in [6.07, 6.45) is 5.10. The summed E-state index contributed by atoms with van der Waals surface area (Å²) >= 11 is 0. The molecule has 164 valence electrons. The molecular weight excluding hydrogens is 414 g/mol. The molecule has 0 bridgehead atoms. The van der Waals surface area contributed by atoms with Crippen LogP contribution in [0.3, 0.4) is 0 Å². The number of carbonyl (C=O) groups excluding carboxylic acids is 1. The molecule has 1 aliphatic heterocycles. The van der Waals surface area contributed by atoms with Crippen molar-refractivity contribution in [3.05, 3.63) is 97.0 Å². The van der Waals surface area contributed by atoms with Crippen LogP contribution in [0.1, 0.15) is 10.4 Å². The van der Waals surface area contributed by atoms with Crippen LogP contribution in [0.25, 0.3) is 11.4 Å². The molecule has 3 heterocycles. The van der Waals surface area contributed by atoms with Gasteiger partial charge in [0.2, 0.25) is 0 Å². The zero-order chi connectivity index (χ0) is 22.5. The quantitative estimate of drug-likeness (QED) is 0.464. The molecule has 7 heteroatoms. The normalized spacial score (nSPS) is 13.6. The predicted molar refractivity (Wildman–Crippen MR) is 126 cm³/mol. The van der Waals surface area contributed by atoms with E-state index in [9.17, 15) is 4.79 Å². The van der Waals surface area contributed by atoms with E-state index >= 15 is 0 Å². The molecule has 2 aromatic heterocycles. The molecule has 0 saturated carbocycles. The number of carbonyl (C=O) groups is 1. The summed E-state index contributed by atoms with van der Waals surface area (Å²) in [6.45, 7) is 2.60. The van der Waals surface area contributed by atoms with E-state index in [2.05, 4.69) is 14.9 Å². The molecule has 0 radical (unpaired) electrons. The Morgan fingerprint density at radius 2 is 1.61 bits per heavy atom. The van der Waals surface area contributed by atoms with Crippen molar-refractivity contribution in [2.75, 3.05) is 31.1 Å². The Labute approximate surface area is 192 Å². The van der Waals surface area contributed by atoms with Crippen molar-refractivity contribution in [1.29, 1.82) is 0 Å². The third-order valence-corrected chi connectivity index (χ3v) is 5.54. The lowest BCUT2D eigenvalue weighted by Crippen LogP contribution is -2.49. The molecule has 0 N–H and O–H groups in total. The number of hydrogen-bond donors (Lipinski definition) is 0. The van der Waals surface area contributed by atoms with Crippen LogP contribution in [-0.4, -0.2) is 51.9 Å². The molecule has 1 amide bonds. The van der Waals surface area contributed by atoms with E-state index in [1.54, 1.807) is 30.7 Å². The fourth-order valence-corrected chi connectivity index (χ4v) is 3.83. The monoisotopic (exact) mass is 437 g/mol. The number of amides is 1. The van der Waals surface area contributed by atoms with Gasteiger partial charge in [-0.15, -0.1) is 0 Å². The first kappa shape index (κ1) is 20.6. The molecule has 5 rings (SSSR count). The number of benzene rings is 2. The van der Waals surface area contributed by atoms with Gasteiger partial charge in [0.15, 0.2) is 5.82 Å². The molecule has 2 aromatic carbocycles. The predicted octanol–water partition coefficient (Wildman–Crippen LogP) is 4.29. The Bertz CT molecular complexity index is 1230. The van der Waals surface area contributed by atoms with Crippen LogP contribution in [0.15, 0.2) is 91.4 Å². The second kappa shape index (κ2) is 9.48. The Morgan fingerprint density at radius 1 is 0.818 bits per heavy atom. The van der Waals surface area contributed by atoms with Gasteiger partial charge in [-0.05, 0) is 30.3 Å². The van der Waals surface area contributed by atoms with Crippen LogP contribution < -0.4 is 9.64 Å². The van der Waals surface area contributed by atoms with Gasteiger partial charge in [0.1, 0.15) is 17.3 Å². The second-order valence-electron chi connectivity index (χ2n) is 7.67. The van der Waals surface area contributed by atoms with Crippen LogP contribution in [0.2, 0.25) is 0 Å². The van der Waals surface area contributed by atoms with E-state index in [4.69, 9.17) is 9.72 Å². The van der Waals surface area contributed by atoms with Crippen molar-refractivity contribution < 1.29 is 9.53 Å². The maximum absolute atomic E-state index is 13.3. The van der Waals surface area contributed by atoms with Crippen molar-refractivity contribution >= 4 is 11.7 Å². The van der Waals surface area contributed by atoms with E-state index in [1.807, 2.05) is 65.6 Å². The highest BCUT2D eigenvalue weighted by atomic mass is 16.5. The summed E-state index contributed by atoms with van der Waals surface area (Å²) in [5, 5.41) is 0. The average molecular weight is 438 g/mol. The number of anilines is 1. The van der Waals surface area contributed by atoms with Gasteiger partial charge in [-0.2, -0.15) is 0 Å². The average Bonchev–Trinajstić information content (AvgIpc) is 2.90. The van der Waals surface area contributed by atoms with Gasteiger partial charge in [-0.3, -0.25) is 9.78 Å². The number of rotatable bonds is 5. The summed E-state index contributed by atoms with van der Waals surface area (Å²) in [5.41, 5.74) is 1.53. The van der Waals surface area contributed by atoms with Gasteiger partial charge in [-0.1, -0.05) is 42.5 Å². The van der Waals surface area contributed by atoms with Gasteiger partial charge in [-0.25, -0.2) is 9.97 Å². The molecular formula is C26H23N5O2. The molecule has 1 fully saturated rings. The third kappa shape index (κ3) is 4.67. The SMILES string of the molecule is O=C(c1ccccc1Oc1cccnc1)N1CCN(c2ccnc(-c3ccccc3)n2)CC1. The Balaban J connectivity index is 1.27. The lowest BCUT2D eigenvalue weighted by molar-refractivity contribution is 0.0744. The summed E-state index contributed by atoms with van der Waals surface area (Å²) in [6, 6.07) is 22.8. The molecule has 0 spiro atoms. The number of nitrogens with zero attached hydrogens (tertiary/aromatic N) is 5. The number of pyridine rings is 1. The molecule has 0 unspecified atom stereocenters. The number of piperazine rings is 1.